The summed E-state index contributed by atoms with van der Waals surface area (Å²) in [4.78, 5) is 17.2. The Hall–Kier alpha value is -2.92. The second-order valence-corrected chi connectivity index (χ2v) is 7.36. The number of amides is 1. The highest BCUT2D eigenvalue weighted by Crippen LogP contribution is 2.28. The minimum atomic E-state index is -0.0868. The number of carbonyl (C=O) groups is 1. The summed E-state index contributed by atoms with van der Waals surface area (Å²) in [6.45, 7) is 4.76. The first-order valence-corrected chi connectivity index (χ1v) is 9.82. The number of rotatable bonds is 5. The average molecular weight is 375 g/mol. The Kier molecular flexibility index (Phi) is 5.53. The standard InChI is InChI=1S/C23H25N3O2/c1-16-8-10-18(11-9-16)21-15-26-23(28-21)20-7-3-2-6-19(20)22(27)25-14-17-5-4-12-24-13-17/h2-3,6-11,15,17,24H,4-5,12-14H2,1H3,(H,25,27). The van der Waals surface area contributed by atoms with Crippen LogP contribution in [0.5, 0.6) is 0 Å². The monoisotopic (exact) mass is 375 g/mol. The zero-order chi connectivity index (χ0) is 19.3. The predicted molar refractivity (Wildman–Crippen MR) is 110 cm³/mol. The molecule has 0 saturated carbocycles. The van der Waals surface area contributed by atoms with Gasteiger partial charge in [0.05, 0.1) is 11.8 Å². The third-order valence-electron chi connectivity index (χ3n) is 5.19. The molecule has 0 radical (unpaired) electrons. The molecule has 1 fully saturated rings. The molecular weight excluding hydrogens is 350 g/mol. The van der Waals surface area contributed by atoms with Gasteiger partial charge in [0.25, 0.3) is 5.91 Å². The molecule has 5 heteroatoms. The van der Waals surface area contributed by atoms with Crippen LogP contribution in [0.1, 0.15) is 28.8 Å². The first-order chi connectivity index (χ1) is 13.7. The number of piperidine rings is 1. The van der Waals surface area contributed by atoms with E-state index in [2.05, 4.69) is 15.6 Å². The number of nitrogens with zero attached hydrogens (tertiary/aromatic N) is 1. The second kappa shape index (κ2) is 8.40. The summed E-state index contributed by atoms with van der Waals surface area (Å²) in [5.41, 5.74) is 3.46. The first kappa shape index (κ1) is 18.4. The molecule has 4 rings (SSSR count). The summed E-state index contributed by atoms with van der Waals surface area (Å²) in [7, 11) is 0. The molecule has 1 atom stereocenters. The molecule has 2 N–H and O–H groups in total. The molecule has 2 heterocycles. The number of hydrogen-bond acceptors (Lipinski definition) is 4. The molecule has 0 aliphatic carbocycles. The van der Waals surface area contributed by atoms with Crippen molar-refractivity contribution in [2.45, 2.75) is 19.8 Å². The minimum Gasteiger partial charge on any atom is -0.436 e. The fraction of sp³-hybridized carbons (Fsp3) is 0.304. The molecular formula is C23H25N3O2. The van der Waals surface area contributed by atoms with Gasteiger partial charge in [-0.15, -0.1) is 0 Å². The fourth-order valence-electron chi connectivity index (χ4n) is 3.55. The van der Waals surface area contributed by atoms with Crippen LogP contribution in [0.3, 0.4) is 0 Å². The van der Waals surface area contributed by atoms with Crippen molar-refractivity contribution >= 4 is 5.91 Å². The quantitative estimate of drug-likeness (QED) is 0.706. The van der Waals surface area contributed by atoms with Gasteiger partial charge in [0, 0.05) is 17.7 Å². The molecule has 1 aliphatic rings. The van der Waals surface area contributed by atoms with Crippen molar-refractivity contribution < 1.29 is 9.21 Å². The van der Waals surface area contributed by atoms with Crippen LogP contribution in [0.2, 0.25) is 0 Å². The van der Waals surface area contributed by atoms with Crippen LogP contribution in [-0.2, 0) is 0 Å². The third-order valence-corrected chi connectivity index (χ3v) is 5.19. The Morgan fingerprint density at radius 3 is 2.82 bits per heavy atom. The molecule has 28 heavy (non-hydrogen) atoms. The largest absolute Gasteiger partial charge is 0.436 e. The summed E-state index contributed by atoms with van der Waals surface area (Å²) >= 11 is 0. The fourth-order valence-corrected chi connectivity index (χ4v) is 3.55. The number of hydrogen-bond donors (Lipinski definition) is 2. The van der Waals surface area contributed by atoms with Crippen LogP contribution in [0.4, 0.5) is 0 Å². The number of aromatic nitrogens is 1. The highest BCUT2D eigenvalue weighted by atomic mass is 16.4. The number of oxazole rings is 1. The molecule has 0 bridgehead atoms. The van der Waals surface area contributed by atoms with E-state index in [9.17, 15) is 4.79 Å². The maximum atomic E-state index is 12.8. The summed E-state index contributed by atoms with van der Waals surface area (Å²) < 4.78 is 5.98. The van der Waals surface area contributed by atoms with E-state index < -0.39 is 0 Å². The van der Waals surface area contributed by atoms with E-state index in [1.807, 2.05) is 55.5 Å². The summed E-state index contributed by atoms with van der Waals surface area (Å²) in [5.74, 6) is 1.55. The van der Waals surface area contributed by atoms with E-state index in [4.69, 9.17) is 4.42 Å². The molecule has 1 aromatic heterocycles. The number of nitrogens with one attached hydrogen (secondary N) is 2. The molecule has 1 unspecified atom stereocenters. The zero-order valence-electron chi connectivity index (χ0n) is 16.1. The lowest BCUT2D eigenvalue weighted by Crippen LogP contribution is -2.38. The average Bonchev–Trinajstić information content (AvgIpc) is 3.23. The van der Waals surface area contributed by atoms with E-state index in [-0.39, 0.29) is 5.91 Å². The second-order valence-electron chi connectivity index (χ2n) is 7.36. The van der Waals surface area contributed by atoms with Gasteiger partial charge in [0.15, 0.2) is 5.76 Å². The van der Waals surface area contributed by atoms with Crippen LogP contribution in [-0.4, -0.2) is 30.5 Å². The van der Waals surface area contributed by atoms with Gasteiger partial charge in [0.1, 0.15) is 0 Å². The van der Waals surface area contributed by atoms with Crippen molar-refractivity contribution in [2.24, 2.45) is 5.92 Å². The van der Waals surface area contributed by atoms with Crippen molar-refractivity contribution in [3.05, 3.63) is 65.9 Å². The lowest BCUT2D eigenvalue weighted by Gasteiger charge is -2.23. The van der Waals surface area contributed by atoms with Crippen molar-refractivity contribution in [3.8, 4) is 22.8 Å². The van der Waals surface area contributed by atoms with Crippen LogP contribution in [0, 0.1) is 12.8 Å². The highest BCUT2D eigenvalue weighted by Gasteiger charge is 2.19. The molecule has 3 aromatic rings. The normalized spacial score (nSPS) is 16.7. The number of aryl methyl sites for hydroxylation is 1. The van der Waals surface area contributed by atoms with E-state index >= 15 is 0 Å². The highest BCUT2D eigenvalue weighted by molar-refractivity contribution is 6.00. The topological polar surface area (TPSA) is 67.2 Å². The summed E-state index contributed by atoms with van der Waals surface area (Å²) in [5, 5.41) is 6.46. The van der Waals surface area contributed by atoms with Gasteiger partial charge in [-0.2, -0.15) is 0 Å². The summed E-state index contributed by atoms with van der Waals surface area (Å²) in [6, 6.07) is 15.6. The smallest absolute Gasteiger partial charge is 0.252 e. The molecule has 2 aromatic carbocycles. The van der Waals surface area contributed by atoms with Gasteiger partial charge in [-0.25, -0.2) is 4.98 Å². The van der Waals surface area contributed by atoms with Crippen LogP contribution in [0.15, 0.2) is 59.1 Å². The summed E-state index contributed by atoms with van der Waals surface area (Å²) in [6.07, 6.45) is 4.02. The Morgan fingerprint density at radius 1 is 1.21 bits per heavy atom. The van der Waals surface area contributed by atoms with Gasteiger partial charge in [-0.1, -0.05) is 42.0 Å². The zero-order valence-corrected chi connectivity index (χ0v) is 16.1. The van der Waals surface area contributed by atoms with Gasteiger partial charge in [-0.3, -0.25) is 4.79 Å². The Labute approximate surface area is 165 Å². The maximum Gasteiger partial charge on any atom is 0.252 e. The van der Waals surface area contributed by atoms with Gasteiger partial charge >= 0.3 is 0 Å². The predicted octanol–water partition coefficient (Wildman–Crippen LogP) is 4.05. The van der Waals surface area contributed by atoms with Gasteiger partial charge in [0.2, 0.25) is 5.89 Å². The van der Waals surface area contributed by atoms with E-state index in [1.54, 1.807) is 6.20 Å². The van der Waals surface area contributed by atoms with Crippen molar-refractivity contribution in [2.75, 3.05) is 19.6 Å². The van der Waals surface area contributed by atoms with Crippen LogP contribution >= 0.6 is 0 Å². The molecule has 1 amide bonds. The molecule has 1 saturated heterocycles. The van der Waals surface area contributed by atoms with E-state index in [1.165, 1.54) is 5.56 Å². The van der Waals surface area contributed by atoms with E-state index in [0.717, 1.165) is 31.5 Å². The molecule has 1 aliphatic heterocycles. The maximum absolute atomic E-state index is 12.8. The Bertz CT molecular complexity index is 940. The number of benzene rings is 2. The third kappa shape index (κ3) is 4.15. The van der Waals surface area contributed by atoms with Gasteiger partial charge < -0.3 is 15.1 Å². The first-order valence-electron chi connectivity index (χ1n) is 9.82. The lowest BCUT2D eigenvalue weighted by atomic mass is 9.99. The van der Waals surface area contributed by atoms with Crippen LogP contribution in [0.25, 0.3) is 22.8 Å². The molecule has 0 spiro atoms. The van der Waals surface area contributed by atoms with E-state index in [0.29, 0.717) is 35.2 Å². The van der Waals surface area contributed by atoms with Gasteiger partial charge in [-0.05, 0) is 50.9 Å². The number of carbonyl (C=O) groups excluding carboxylic acids is 1. The van der Waals surface area contributed by atoms with Crippen molar-refractivity contribution in [1.29, 1.82) is 0 Å². The lowest BCUT2D eigenvalue weighted by molar-refractivity contribution is 0.0945. The van der Waals surface area contributed by atoms with Crippen LogP contribution < -0.4 is 10.6 Å². The molecule has 5 nitrogen and oxygen atoms in total. The minimum absolute atomic E-state index is 0.0868. The van der Waals surface area contributed by atoms with Crippen molar-refractivity contribution in [3.63, 3.8) is 0 Å². The van der Waals surface area contributed by atoms with Crippen molar-refractivity contribution in [1.82, 2.24) is 15.6 Å². The Balaban J connectivity index is 1.52. The molecule has 144 valence electrons. The SMILES string of the molecule is Cc1ccc(-c2cnc(-c3ccccc3C(=O)NCC3CCCNC3)o2)cc1. The Morgan fingerprint density at radius 2 is 2.04 bits per heavy atom.